The molecule has 0 bridgehead atoms. The molecule has 1 aliphatic rings. The van der Waals surface area contributed by atoms with E-state index in [1.54, 1.807) is 18.2 Å². The predicted octanol–water partition coefficient (Wildman–Crippen LogP) is 6.50. The number of benzene rings is 2. The van der Waals surface area contributed by atoms with Crippen molar-refractivity contribution >= 4 is 40.6 Å². The van der Waals surface area contributed by atoms with Gasteiger partial charge in [-0.05, 0) is 69.5 Å². The van der Waals surface area contributed by atoms with Crippen molar-refractivity contribution in [3.05, 3.63) is 95.1 Å². The summed E-state index contributed by atoms with van der Waals surface area (Å²) in [6.07, 6.45) is 8.88. The number of aliphatic imine (C=N–C) groups is 1. The second-order valence-electron chi connectivity index (χ2n) is 8.51. The summed E-state index contributed by atoms with van der Waals surface area (Å²) in [6.45, 7) is 9.62. The first-order chi connectivity index (χ1) is 16.8. The smallest absolute Gasteiger partial charge is 0.319 e. The van der Waals surface area contributed by atoms with Crippen LogP contribution in [0.15, 0.2) is 83.9 Å². The average Bonchev–Trinajstić information content (AvgIpc) is 2.95. The summed E-state index contributed by atoms with van der Waals surface area (Å²) in [6, 6.07) is 11.9. The van der Waals surface area contributed by atoms with E-state index in [0.29, 0.717) is 35.0 Å². The number of fused-ring (bicyclic) bond motifs is 1. The maximum absolute atomic E-state index is 13.1. The third kappa shape index (κ3) is 7.17. The van der Waals surface area contributed by atoms with E-state index in [4.69, 9.17) is 16.6 Å². The lowest BCUT2D eigenvalue weighted by molar-refractivity contribution is -0.117. The van der Waals surface area contributed by atoms with Crippen LogP contribution in [0.2, 0.25) is 5.02 Å². The van der Waals surface area contributed by atoms with Gasteiger partial charge in [0.05, 0.1) is 11.4 Å². The number of nitrogens with zero attached hydrogens (tertiary/aromatic N) is 1. The standard InChI is InChI=1S/C28H31ClN4O2/c1-5-7-8-19(6-2)9-15-25-27(34)33-24-16-12-21(29)17-23(24)26(32-25)20-10-13-22(14-11-20)31-28(35)30-18(3)4/h5-8,10-14,16-18,25H,2,9,15H2,1,3-4H3,(H,33,34)(H2,30,31,35)/b7-5-,19-8+. The van der Waals surface area contributed by atoms with Crippen LogP contribution < -0.4 is 16.0 Å². The minimum Gasteiger partial charge on any atom is -0.336 e. The number of allylic oxidation sites excluding steroid dienone is 5. The highest BCUT2D eigenvalue weighted by Gasteiger charge is 2.26. The molecule has 0 aromatic heterocycles. The molecule has 1 atom stereocenters. The lowest BCUT2D eigenvalue weighted by Crippen LogP contribution is -2.34. The number of carbonyl (C=O) groups is 2. The van der Waals surface area contributed by atoms with Crippen LogP contribution in [0.3, 0.4) is 0 Å². The molecule has 0 fully saturated rings. The lowest BCUT2D eigenvalue weighted by atomic mass is 10.00. The Morgan fingerprint density at radius 2 is 1.97 bits per heavy atom. The molecule has 3 rings (SSSR count). The van der Waals surface area contributed by atoms with E-state index in [0.717, 1.165) is 16.7 Å². The summed E-state index contributed by atoms with van der Waals surface area (Å²) in [5, 5.41) is 9.17. The highest BCUT2D eigenvalue weighted by molar-refractivity contribution is 6.32. The Bertz CT molecular complexity index is 1180. The third-order valence-corrected chi connectivity index (χ3v) is 5.62. The fourth-order valence-corrected chi connectivity index (χ4v) is 3.84. The Kier molecular flexibility index (Phi) is 9.04. The number of carbonyl (C=O) groups excluding carboxylic acids is 2. The van der Waals surface area contributed by atoms with Gasteiger partial charge in [-0.15, -0.1) is 0 Å². The number of nitrogens with one attached hydrogen (secondary N) is 3. The topological polar surface area (TPSA) is 82.6 Å². The molecule has 3 N–H and O–H groups in total. The Morgan fingerprint density at radius 1 is 1.23 bits per heavy atom. The average molecular weight is 491 g/mol. The SMILES string of the molecule is C=C/C(=C\C=C/C)CCC1N=C(c2ccc(NC(=O)NC(C)C)cc2)c2cc(Cl)ccc2NC1=O. The van der Waals surface area contributed by atoms with Crippen molar-refractivity contribution in [2.24, 2.45) is 4.99 Å². The quantitative estimate of drug-likeness (QED) is 0.369. The Labute approximate surface area is 211 Å². The molecule has 2 aromatic carbocycles. The van der Waals surface area contributed by atoms with Gasteiger partial charge >= 0.3 is 6.03 Å². The molecule has 0 radical (unpaired) electrons. The van der Waals surface area contributed by atoms with Crippen LogP contribution in [0, 0.1) is 0 Å². The number of hydrogen-bond acceptors (Lipinski definition) is 3. The van der Waals surface area contributed by atoms with Crippen LogP contribution in [0.4, 0.5) is 16.2 Å². The molecule has 7 heteroatoms. The molecule has 6 nitrogen and oxygen atoms in total. The summed E-state index contributed by atoms with van der Waals surface area (Å²) in [5.41, 5.74) is 4.59. The maximum atomic E-state index is 13.1. The van der Waals surface area contributed by atoms with Crippen LogP contribution in [-0.4, -0.2) is 29.7 Å². The van der Waals surface area contributed by atoms with Gasteiger partial charge in [-0.25, -0.2) is 4.79 Å². The first-order valence-electron chi connectivity index (χ1n) is 11.6. The number of benzodiazepines with no additional fused rings is 1. The van der Waals surface area contributed by atoms with E-state index >= 15 is 0 Å². The molecule has 2 aromatic rings. The molecule has 0 saturated carbocycles. The molecule has 0 spiro atoms. The van der Waals surface area contributed by atoms with Gasteiger partial charge in [0.1, 0.15) is 6.04 Å². The van der Waals surface area contributed by atoms with Crippen LogP contribution in [0.5, 0.6) is 0 Å². The second-order valence-corrected chi connectivity index (χ2v) is 8.95. The monoisotopic (exact) mass is 490 g/mol. The maximum Gasteiger partial charge on any atom is 0.319 e. The molecule has 0 saturated heterocycles. The number of halogens is 1. The van der Waals surface area contributed by atoms with Crippen molar-refractivity contribution in [2.75, 3.05) is 10.6 Å². The van der Waals surface area contributed by atoms with Gasteiger partial charge in [0.15, 0.2) is 0 Å². The predicted molar refractivity (Wildman–Crippen MR) is 146 cm³/mol. The van der Waals surface area contributed by atoms with Gasteiger partial charge in [-0.3, -0.25) is 9.79 Å². The minimum absolute atomic E-state index is 0.0345. The zero-order valence-corrected chi connectivity index (χ0v) is 21.0. The highest BCUT2D eigenvalue weighted by atomic mass is 35.5. The molecule has 1 aliphatic heterocycles. The summed E-state index contributed by atoms with van der Waals surface area (Å²) in [4.78, 5) is 30.0. The van der Waals surface area contributed by atoms with Gasteiger partial charge in [-0.1, -0.05) is 54.6 Å². The van der Waals surface area contributed by atoms with Crippen LogP contribution >= 0.6 is 11.6 Å². The third-order valence-electron chi connectivity index (χ3n) is 5.39. The van der Waals surface area contributed by atoms with Gasteiger partial charge in [-0.2, -0.15) is 0 Å². The van der Waals surface area contributed by atoms with Gasteiger partial charge in [0.2, 0.25) is 5.91 Å². The van der Waals surface area contributed by atoms with E-state index in [-0.39, 0.29) is 18.0 Å². The number of rotatable bonds is 8. The van der Waals surface area contributed by atoms with E-state index in [1.165, 1.54) is 0 Å². The molecule has 182 valence electrons. The van der Waals surface area contributed by atoms with Gasteiger partial charge in [0.25, 0.3) is 0 Å². The van der Waals surface area contributed by atoms with Crippen LogP contribution in [-0.2, 0) is 4.79 Å². The summed E-state index contributed by atoms with van der Waals surface area (Å²) in [5.74, 6) is -0.165. The second kappa shape index (κ2) is 12.2. The molecule has 1 unspecified atom stereocenters. The van der Waals surface area contributed by atoms with E-state index < -0.39 is 6.04 Å². The van der Waals surface area contributed by atoms with E-state index in [9.17, 15) is 9.59 Å². The normalized spacial score (nSPS) is 15.8. The fraction of sp³-hybridized carbons (Fsp3) is 0.250. The van der Waals surface area contributed by atoms with Crippen molar-refractivity contribution in [3.63, 3.8) is 0 Å². The largest absolute Gasteiger partial charge is 0.336 e. The fourth-order valence-electron chi connectivity index (χ4n) is 3.66. The summed E-state index contributed by atoms with van der Waals surface area (Å²) < 4.78 is 0. The van der Waals surface area contributed by atoms with Crippen molar-refractivity contribution in [2.45, 2.75) is 45.7 Å². The molecule has 35 heavy (non-hydrogen) atoms. The van der Waals surface area contributed by atoms with E-state index in [1.807, 2.05) is 69.3 Å². The van der Waals surface area contributed by atoms with Gasteiger partial charge < -0.3 is 16.0 Å². The first kappa shape index (κ1) is 26.0. The first-order valence-corrected chi connectivity index (χ1v) is 12.0. The number of hydrogen-bond donors (Lipinski definition) is 3. The number of amides is 3. The van der Waals surface area contributed by atoms with Crippen LogP contribution in [0.25, 0.3) is 0 Å². The molecular formula is C28H31ClN4O2. The van der Waals surface area contributed by atoms with Crippen LogP contribution in [0.1, 0.15) is 44.7 Å². The highest BCUT2D eigenvalue weighted by Crippen LogP contribution is 2.29. The lowest BCUT2D eigenvalue weighted by Gasteiger charge is -2.13. The molecular weight excluding hydrogens is 460 g/mol. The van der Waals surface area contributed by atoms with Gasteiger partial charge in [0, 0.05) is 27.9 Å². The Hall–Kier alpha value is -3.64. The van der Waals surface area contributed by atoms with Crippen molar-refractivity contribution in [1.29, 1.82) is 0 Å². The van der Waals surface area contributed by atoms with Crippen molar-refractivity contribution in [3.8, 4) is 0 Å². The Morgan fingerprint density at radius 3 is 2.63 bits per heavy atom. The van der Waals surface area contributed by atoms with Crippen molar-refractivity contribution < 1.29 is 9.59 Å². The summed E-state index contributed by atoms with van der Waals surface area (Å²) in [7, 11) is 0. The number of anilines is 2. The van der Waals surface area contributed by atoms with Crippen molar-refractivity contribution in [1.82, 2.24) is 5.32 Å². The minimum atomic E-state index is -0.584. The Balaban J connectivity index is 1.94. The zero-order chi connectivity index (χ0) is 25.4. The van der Waals surface area contributed by atoms with E-state index in [2.05, 4.69) is 22.5 Å². The molecule has 0 aliphatic carbocycles. The zero-order valence-electron chi connectivity index (χ0n) is 20.3. The molecule has 3 amide bonds. The summed E-state index contributed by atoms with van der Waals surface area (Å²) >= 11 is 6.30. The number of urea groups is 1. The molecule has 1 heterocycles.